The second-order valence-electron chi connectivity index (χ2n) is 4.13. The molecule has 0 aliphatic carbocycles. The smallest absolute Gasteiger partial charge is 0.252 e. The van der Waals surface area contributed by atoms with E-state index in [4.69, 9.17) is 11.6 Å². The minimum Gasteiger partial charge on any atom is -0.348 e. The van der Waals surface area contributed by atoms with E-state index in [2.05, 4.69) is 20.5 Å². The SMILES string of the molecule is Cc1nn(C)nc1-c1cc2c(c(Cl)n1)CNC2=O. The molecule has 7 heteroatoms. The fourth-order valence-corrected chi connectivity index (χ4v) is 2.30. The second kappa shape index (κ2) is 3.78. The van der Waals surface area contributed by atoms with E-state index in [1.807, 2.05) is 6.92 Å². The largest absolute Gasteiger partial charge is 0.348 e. The van der Waals surface area contributed by atoms with Crippen LogP contribution in [0, 0.1) is 6.92 Å². The summed E-state index contributed by atoms with van der Waals surface area (Å²) in [6.45, 7) is 2.27. The first-order valence-electron chi connectivity index (χ1n) is 5.42. The van der Waals surface area contributed by atoms with Crippen molar-refractivity contribution in [3.63, 3.8) is 0 Å². The van der Waals surface area contributed by atoms with Crippen LogP contribution < -0.4 is 5.32 Å². The molecule has 3 rings (SSSR count). The van der Waals surface area contributed by atoms with Crippen LogP contribution in [0.5, 0.6) is 0 Å². The lowest BCUT2D eigenvalue weighted by Crippen LogP contribution is -2.12. The standard InChI is InChI=1S/C11H10ClN5O/c1-5-9(16-17(2)15-5)8-3-6-7(10(12)14-8)4-13-11(6)18/h3H,4H2,1-2H3,(H,13,18). The number of carbonyl (C=O) groups is 1. The Balaban J connectivity index is 2.20. The molecule has 0 fully saturated rings. The van der Waals surface area contributed by atoms with E-state index < -0.39 is 0 Å². The fraction of sp³-hybridized carbons (Fsp3) is 0.273. The van der Waals surface area contributed by atoms with Crippen LogP contribution in [-0.2, 0) is 13.6 Å². The molecule has 2 aromatic rings. The van der Waals surface area contributed by atoms with Crippen molar-refractivity contribution >= 4 is 17.5 Å². The predicted octanol–water partition coefficient (Wildman–Crippen LogP) is 1.08. The number of nitrogens with zero attached hydrogens (tertiary/aromatic N) is 4. The minimum absolute atomic E-state index is 0.128. The number of aryl methyl sites for hydroxylation is 2. The molecule has 0 saturated carbocycles. The van der Waals surface area contributed by atoms with Gasteiger partial charge in [-0.15, -0.1) is 0 Å². The molecule has 1 N–H and O–H groups in total. The number of aromatic nitrogens is 4. The topological polar surface area (TPSA) is 72.7 Å². The van der Waals surface area contributed by atoms with Gasteiger partial charge in [-0.25, -0.2) is 4.98 Å². The molecule has 0 atom stereocenters. The molecular weight excluding hydrogens is 254 g/mol. The zero-order valence-corrected chi connectivity index (χ0v) is 10.6. The molecule has 92 valence electrons. The van der Waals surface area contributed by atoms with Gasteiger partial charge in [-0.2, -0.15) is 15.0 Å². The summed E-state index contributed by atoms with van der Waals surface area (Å²) in [6, 6.07) is 1.71. The van der Waals surface area contributed by atoms with E-state index in [1.165, 1.54) is 4.80 Å². The first kappa shape index (κ1) is 11.2. The fourth-order valence-electron chi connectivity index (χ4n) is 2.04. The van der Waals surface area contributed by atoms with Crippen LogP contribution in [-0.4, -0.2) is 25.9 Å². The average Bonchev–Trinajstić information content (AvgIpc) is 2.83. The summed E-state index contributed by atoms with van der Waals surface area (Å²) >= 11 is 6.09. The zero-order valence-electron chi connectivity index (χ0n) is 9.86. The Bertz CT molecular complexity index is 664. The molecule has 18 heavy (non-hydrogen) atoms. The highest BCUT2D eigenvalue weighted by molar-refractivity contribution is 6.31. The molecule has 0 bridgehead atoms. The van der Waals surface area contributed by atoms with E-state index in [0.29, 0.717) is 28.6 Å². The number of rotatable bonds is 1. The lowest BCUT2D eigenvalue weighted by Gasteiger charge is -2.02. The maximum Gasteiger partial charge on any atom is 0.252 e. The number of hydrogen-bond acceptors (Lipinski definition) is 4. The summed E-state index contributed by atoms with van der Waals surface area (Å²) in [7, 11) is 1.73. The summed E-state index contributed by atoms with van der Waals surface area (Å²) in [4.78, 5) is 17.4. The highest BCUT2D eigenvalue weighted by Gasteiger charge is 2.24. The van der Waals surface area contributed by atoms with Crippen LogP contribution in [0.25, 0.3) is 11.4 Å². The molecule has 0 unspecified atom stereocenters. The summed E-state index contributed by atoms with van der Waals surface area (Å²) in [5.41, 5.74) is 3.27. The van der Waals surface area contributed by atoms with Gasteiger partial charge in [-0.3, -0.25) is 4.79 Å². The normalized spacial score (nSPS) is 13.6. The number of nitrogens with one attached hydrogen (secondary N) is 1. The van der Waals surface area contributed by atoms with Crippen LogP contribution in [0.15, 0.2) is 6.07 Å². The predicted molar refractivity (Wildman–Crippen MR) is 65.2 cm³/mol. The Morgan fingerprint density at radius 1 is 1.44 bits per heavy atom. The van der Waals surface area contributed by atoms with E-state index in [9.17, 15) is 4.79 Å². The van der Waals surface area contributed by atoms with Gasteiger partial charge in [0.2, 0.25) is 0 Å². The maximum absolute atomic E-state index is 11.7. The lowest BCUT2D eigenvalue weighted by molar-refractivity contribution is 0.0966. The highest BCUT2D eigenvalue weighted by Crippen LogP contribution is 2.28. The van der Waals surface area contributed by atoms with E-state index >= 15 is 0 Å². The van der Waals surface area contributed by atoms with Crippen LogP contribution in [0.4, 0.5) is 0 Å². The molecule has 1 aliphatic heterocycles. The van der Waals surface area contributed by atoms with E-state index in [0.717, 1.165) is 11.3 Å². The van der Waals surface area contributed by atoms with E-state index in [1.54, 1.807) is 13.1 Å². The zero-order chi connectivity index (χ0) is 12.9. The van der Waals surface area contributed by atoms with Crippen molar-refractivity contribution in [3.05, 3.63) is 28.0 Å². The van der Waals surface area contributed by atoms with Crippen molar-refractivity contribution < 1.29 is 4.79 Å². The van der Waals surface area contributed by atoms with Crippen LogP contribution in [0.1, 0.15) is 21.6 Å². The van der Waals surface area contributed by atoms with Crippen molar-refractivity contribution in [1.82, 2.24) is 25.3 Å². The molecule has 0 radical (unpaired) electrons. The maximum atomic E-state index is 11.7. The van der Waals surface area contributed by atoms with Gasteiger partial charge in [0.15, 0.2) is 0 Å². The lowest BCUT2D eigenvalue weighted by atomic mass is 10.1. The Morgan fingerprint density at radius 3 is 2.89 bits per heavy atom. The number of carbonyl (C=O) groups excluding carboxylic acids is 1. The monoisotopic (exact) mass is 263 g/mol. The number of fused-ring (bicyclic) bond motifs is 1. The summed E-state index contributed by atoms with van der Waals surface area (Å²) in [6.07, 6.45) is 0. The van der Waals surface area contributed by atoms with Gasteiger partial charge < -0.3 is 5.32 Å². The van der Waals surface area contributed by atoms with Gasteiger partial charge in [0.05, 0.1) is 11.4 Å². The Morgan fingerprint density at radius 2 is 2.22 bits per heavy atom. The van der Waals surface area contributed by atoms with Gasteiger partial charge in [-0.1, -0.05) is 11.6 Å². The molecule has 1 aliphatic rings. The van der Waals surface area contributed by atoms with Gasteiger partial charge >= 0.3 is 0 Å². The van der Waals surface area contributed by atoms with Gasteiger partial charge in [-0.05, 0) is 13.0 Å². The van der Waals surface area contributed by atoms with Crippen LogP contribution in [0.3, 0.4) is 0 Å². The molecular formula is C11H10ClN5O. The minimum atomic E-state index is -0.128. The molecule has 0 aromatic carbocycles. The van der Waals surface area contributed by atoms with Crippen molar-refractivity contribution in [2.24, 2.45) is 7.05 Å². The van der Waals surface area contributed by atoms with Crippen molar-refractivity contribution in [2.75, 3.05) is 0 Å². The van der Waals surface area contributed by atoms with Crippen LogP contribution in [0.2, 0.25) is 5.15 Å². The third-order valence-electron chi connectivity index (χ3n) is 2.87. The van der Waals surface area contributed by atoms with Crippen molar-refractivity contribution in [1.29, 1.82) is 0 Å². The third kappa shape index (κ3) is 1.57. The molecule has 0 saturated heterocycles. The highest BCUT2D eigenvalue weighted by atomic mass is 35.5. The first-order valence-corrected chi connectivity index (χ1v) is 5.80. The molecule has 3 heterocycles. The van der Waals surface area contributed by atoms with Gasteiger partial charge in [0, 0.05) is 24.7 Å². The average molecular weight is 264 g/mol. The number of hydrogen-bond donors (Lipinski definition) is 1. The first-order chi connectivity index (χ1) is 8.56. The molecule has 2 aromatic heterocycles. The van der Waals surface area contributed by atoms with Crippen molar-refractivity contribution in [2.45, 2.75) is 13.5 Å². The number of halogens is 1. The second-order valence-corrected chi connectivity index (χ2v) is 4.49. The molecule has 6 nitrogen and oxygen atoms in total. The Hall–Kier alpha value is -1.95. The summed E-state index contributed by atoms with van der Waals surface area (Å²) in [5.74, 6) is -0.128. The van der Waals surface area contributed by atoms with Crippen molar-refractivity contribution in [3.8, 4) is 11.4 Å². The third-order valence-corrected chi connectivity index (χ3v) is 3.18. The number of pyridine rings is 1. The summed E-state index contributed by atoms with van der Waals surface area (Å²) in [5, 5.41) is 11.4. The molecule has 1 amide bonds. The quantitative estimate of drug-likeness (QED) is 0.782. The van der Waals surface area contributed by atoms with E-state index in [-0.39, 0.29) is 5.91 Å². The van der Waals surface area contributed by atoms with Crippen LogP contribution >= 0.6 is 11.6 Å². The Kier molecular flexibility index (Phi) is 2.34. The summed E-state index contributed by atoms with van der Waals surface area (Å²) < 4.78 is 0. The Labute approximate surface area is 108 Å². The van der Waals surface area contributed by atoms with Gasteiger partial charge in [0.1, 0.15) is 10.8 Å². The molecule has 0 spiro atoms. The van der Waals surface area contributed by atoms with Gasteiger partial charge in [0.25, 0.3) is 5.91 Å². The number of amides is 1.